The molecule has 4 rings (SSSR count). The van der Waals surface area contributed by atoms with Gasteiger partial charge in [0.05, 0.1) is 12.2 Å². The second-order valence-electron chi connectivity index (χ2n) is 19.3. The molecule has 0 aromatic carbocycles. The number of hydrogen-bond donors (Lipinski definition) is 1. The van der Waals surface area contributed by atoms with Crippen LogP contribution in [0.3, 0.4) is 0 Å². The maximum Gasteiger partial charge on any atom is 0.302 e. The van der Waals surface area contributed by atoms with Crippen LogP contribution in [-0.4, -0.2) is 37.7 Å². The molecule has 43 heavy (non-hydrogen) atoms. The van der Waals surface area contributed by atoms with E-state index in [0.717, 1.165) is 31.6 Å². The van der Waals surface area contributed by atoms with E-state index in [0.29, 0.717) is 17.8 Å². The molecular weight excluding hydrogens is 549 g/mol. The van der Waals surface area contributed by atoms with Crippen LogP contribution in [0, 0.1) is 57.2 Å². The van der Waals surface area contributed by atoms with Gasteiger partial charge in [0.2, 0.25) is 0 Å². The standard InChI is InChI=1S/C38H70O4Si/c1-24(2)16-15-17-25(3)27-18-21-37(11)33-29(41-26(4)39)22-30-35(8,9)31(42-43(13,14)34(5,6)7)19-20-36(30,10)32(33)28(40)23-38(27,37)12/h24-25,27-33,40H,15-23H2,1-14H3/t25-,27-,28+,29+,30+,31+,32+,33-,36+,37+,38-/m1/s1. The van der Waals surface area contributed by atoms with Gasteiger partial charge in [0, 0.05) is 12.8 Å². The maximum atomic E-state index is 12.7. The zero-order chi connectivity index (χ0) is 32.6. The second-order valence-corrected chi connectivity index (χ2v) is 24.0. The number of aliphatic hydroxyl groups excluding tert-OH is 1. The van der Waals surface area contributed by atoms with Crippen molar-refractivity contribution in [2.75, 3.05) is 0 Å². The summed E-state index contributed by atoms with van der Waals surface area (Å²) in [5, 5.41) is 12.6. The third-order valence-corrected chi connectivity index (χ3v) is 19.5. The van der Waals surface area contributed by atoms with Gasteiger partial charge >= 0.3 is 5.97 Å². The predicted octanol–water partition coefficient (Wildman–Crippen LogP) is 10.0. The van der Waals surface area contributed by atoms with Crippen molar-refractivity contribution in [3.63, 3.8) is 0 Å². The fraction of sp³-hybridized carbons (Fsp3) is 0.974. The molecule has 0 spiro atoms. The normalized spacial score (nSPS) is 43.5. The summed E-state index contributed by atoms with van der Waals surface area (Å²) in [6.07, 6.45) is 9.81. The van der Waals surface area contributed by atoms with E-state index in [1.807, 2.05) is 0 Å². The minimum absolute atomic E-state index is 0.0111. The molecule has 0 amide bonds. The summed E-state index contributed by atoms with van der Waals surface area (Å²) in [7, 11) is -1.96. The smallest absolute Gasteiger partial charge is 0.302 e. The van der Waals surface area contributed by atoms with Crippen LogP contribution in [-0.2, 0) is 14.0 Å². The van der Waals surface area contributed by atoms with E-state index in [-0.39, 0.29) is 62.8 Å². The molecule has 4 saturated carbocycles. The molecule has 5 heteroatoms. The Hall–Kier alpha value is -0.393. The molecule has 0 aliphatic heterocycles. The molecular formula is C38H70O4Si. The third-order valence-electron chi connectivity index (χ3n) is 15.1. The molecule has 11 atom stereocenters. The molecule has 1 N–H and O–H groups in total. The number of fused-ring (bicyclic) bond motifs is 5. The van der Waals surface area contributed by atoms with E-state index in [1.54, 1.807) is 6.92 Å². The highest BCUT2D eigenvalue weighted by atomic mass is 28.4. The summed E-state index contributed by atoms with van der Waals surface area (Å²) in [5.74, 6) is 2.48. The highest BCUT2D eigenvalue weighted by Gasteiger charge is 2.72. The largest absolute Gasteiger partial charge is 0.462 e. The van der Waals surface area contributed by atoms with Crippen molar-refractivity contribution in [3.8, 4) is 0 Å². The van der Waals surface area contributed by atoms with Crippen molar-refractivity contribution in [1.29, 1.82) is 0 Å². The van der Waals surface area contributed by atoms with Gasteiger partial charge in [-0.1, -0.05) is 95.4 Å². The minimum Gasteiger partial charge on any atom is -0.462 e. The first-order valence-electron chi connectivity index (χ1n) is 18.1. The predicted molar refractivity (Wildman–Crippen MR) is 181 cm³/mol. The number of carbonyl (C=O) groups excluding carboxylic acids is 1. The van der Waals surface area contributed by atoms with Gasteiger partial charge in [-0.05, 0) is 108 Å². The molecule has 4 fully saturated rings. The third kappa shape index (κ3) is 5.85. The summed E-state index contributed by atoms with van der Waals surface area (Å²) in [6, 6.07) is 0. The van der Waals surface area contributed by atoms with E-state index < -0.39 is 8.32 Å². The Kier molecular flexibility index (Phi) is 9.64. The number of ether oxygens (including phenoxy) is 1. The van der Waals surface area contributed by atoms with Gasteiger partial charge in [-0.3, -0.25) is 4.79 Å². The van der Waals surface area contributed by atoms with Crippen molar-refractivity contribution in [2.24, 2.45) is 57.2 Å². The number of aliphatic hydroxyl groups is 1. The monoisotopic (exact) mass is 619 g/mol. The van der Waals surface area contributed by atoms with Gasteiger partial charge in [0.25, 0.3) is 0 Å². The Morgan fingerprint density at radius 1 is 0.953 bits per heavy atom. The summed E-state index contributed by atoms with van der Waals surface area (Å²) in [5.41, 5.74) is 0.00439. The van der Waals surface area contributed by atoms with E-state index in [2.05, 4.69) is 89.3 Å². The Balaban J connectivity index is 1.71. The lowest BCUT2D eigenvalue weighted by atomic mass is 9.36. The molecule has 0 aromatic rings. The summed E-state index contributed by atoms with van der Waals surface area (Å²) >= 11 is 0. The molecule has 0 saturated heterocycles. The molecule has 0 bridgehead atoms. The lowest BCUT2D eigenvalue weighted by Crippen LogP contribution is -2.69. The molecule has 250 valence electrons. The zero-order valence-corrected chi connectivity index (χ0v) is 31.7. The van der Waals surface area contributed by atoms with Gasteiger partial charge in [-0.2, -0.15) is 0 Å². The lowest BCUT2D eigenvalue weighted by Gasteiger charge is -2.70. The lowest BCUT2D eigenvalue weighted by molar-refractivity contribution is -0.265. The number of hydrogen-bond acceptors (Lipinski definition) is 4. The quantitative estimate of drug-likeness (QED) is 0.217. The average Bonchev–Trinajstić information content (AvgIpc) is 3.11. The van der Waals surface area contributed by atoms with Crippen LogP contribution in [0.2, 0.25) is 18.1 Å². The van der Waals surface area contributed by atoms with E-state index in [1.165, 1.54) is 32.1 Å². The molecule has 4 aliphatic carbocycles. The number of esters is 1. The number of carbonyl (C=O) groups is 1. The van der Waals surface area contributed by atoms with E-state index in [9.17, 15) is 9.90 Å². The Labute approximate surface area is 267 Å². The van der Waals surface area contributed by atoms with Crippen molar-refractivity contribution in [1.82, 2.24) is 0 Å². The SMILES string of the molecule is CC(=O)O[C@H]1C[C@H]2C(C)(C)[C@@H](O[Si](C)(C)C(C)(C)C)CC[C@]2(C)[C@@H]2[C@@H]1[C@]1(C)CC[C@H]([C@H](C)CCCC(C)C)[C@@]1(C)C[C@@H]2O. The highest BCUT2D eigenvalue weighted by molar-refractivity contribution is 6.74. The van der Waals surface area contributed by atoms with Crippen LogP contribution in [0.5, 0.6) is 0 Å². The fourth-order valence-corrected chi connectivity index (χ4v) is 13.0. The maximum absolute atomic E-state index is 12.7. The van der Waals surface area contributed by atoms with Crippen LogP contribution in [0.1, 0.15) is 141 Å². The second kappa shape index (κ2) is 11.7. The fourth-order valence-electron chi connectivity index (χ4n) is 11.6. The zero-order valence-electron chi connectivity index (χ0n) is 30.7. The van der Waals surface area contributed by atoms with Gasteiger partial charge in [-0.25, -0.2) is 0 Å². The molecule has 0 radical (unpaired) electrons. The van der Waals surface area contributed by atoms with Crippen LogP contribution in [0.15, 0.2) is 0 Å². The summed E-state index contributed by atoms with van der Waals surface area (Å²) in [6.45, 7) is 32.9. The van der Waals surface area contributed by atoms with Crippen LogP contribution >= 0.6 is 0 Å². The molecule has 0 heterocycles. The van der Waals surface area contributed by atoms with Crippen molar-refractivity contribution < 1.29 is 19.1 Å². The Morgan fingerprint density at radius 2 is 1.58 bits per heavy atom. The molecule has 4 nitrogen and oxygen atoms in total. The first kappa shape index (κ1) is 35.5. The summed E-state index contributed by atoms with van der Waals surface area (Å²) < 4.78 is 13.6. The van der Waals surface area contributed by atoms with Crippen molar-refractivity contribution in [3.05, 3.63) is 0 Å². The molecule has 4 aliphatic rings. The highest BCUT2D eigenvalue weighted by Crippen LogP contribution is 2.75. The first-order valence-corrected chi connectivity index (χ1v) is 21.0. The Bertz CT molecular complexity index is 1010. The summed E-state index contributed by atoms with van der Waals surface area (Å²) in [4.78, 5) is 12.7. The molecule has 0 unspecified atom stereocenters. The van der Waals surface area contributed by atoms with Crippen LogP contribution in [0.25, 0.3) is 0 Å². The van der Waals surface area contributed by atoms with Gasteiger partial charge < -0.3 is 14.3 Å². The minimum atomic E-state index is -1.96. The van der Waals surface area contributed by atoms with Gasteiger partial charge in [0.1, 0.15) is 6.10 Å². The van der Waals surface area contributed by atoms with E-state index in [4.69, 9.17) is 9.16 Å². The van der Waals surface area contributed by atoms with Crippen molar-refractivity contribution in [2.45, 2.75) is 177 Å². The van der Waals surface area contributed by atoms with Crippen LogP contribution < -0.4 is 0 Å². The first-order chi connectivity index (χ1) is 19.5. The topological polar surface area (TPSA) is 55.8 Å². The number of rotatable bonds is 8. The molecule has 0 aromatic heterocycles. The van der Waals surface area contributed by atoms with E-state index >= 15 is 0 Å². The van der Waals surface area contributed by atoms with Gasteiger partial charge in [-0.15, -0.1) is 0 Å². The van der Waals surface area contributed by atoms with Gasteiger partial charge in [0.15, 0.2) is 8.32 Å². The van der Waals surface area contributed by atoms with Crippen LogP contribution in [0.4, 0.5) is 0 Å². The average molecular weight is 619 g/mol. The Morgan fingerprint density at radius 3 is 2.14 bits per heavy atom. The van der Waals surface area contributed by atoms with Crippen molar-refractivity contribution >= 4 is 14.3 Å².